The number of hydrogen-bond donors (Lipinski definition) is 0. The molecule has 1 atom stereocenters. The van der Waals surface area contributed by atoms with E-state index in [2.05, 4.69) is 9.97 Å². The van der Waals surface area contributed by atoms with Crippen molar-refractivity contribution in [2.45, 2.75) is 23.8 Å². The molecule has 0 N–H and O–H groups in total. The molecule has 0 saturated carbocycles. The van der Waals surface area contributed by atoms with Crippen molar-refractivity contribution in [1.82, 2.24) is 14.3 Å². The van der Waals surface area contributed by atoms with Crippen LogP contribution in [0.3, 0.4) is 0 Å². The number of halogens is 1. The van der Waals surface area contributed by atoms with Crippen molar-refractivity contribution < 1.29 is 17.5 Å². The molecular weight excluding hydrogens is 333 g/mol. The van der Waals surface area contributed by atoms with Crippen molar-refractivity contribution in [3.8, 4) is 0 Å². The van der Waals surface area contributed by atoms with Crippen molar-refractivity contribution in [3.05, 3.63) is 54.4 Å². The van der Waals surface area contributed by atoms with Crippen LogP contribution in [0.5, 0.6) is 0 Å². The largest absolute Gasteiger partial charge is 0.375 e. The van der Waals surface area contributed by atoms with Gasteiger partial charge in [0, 0.05) is 25.0 Å². The van der Waals surface area contributed by atoms with Gasteiger partial charge in [-0.1, -0.05) is 0 Å². The summed E-state index contributed by atoms with van der Waals surface area (Å²) in [4.78, 5) is 8.12. The molecule has 0 unspecified atom stereocenters. The van der Waals surface area contributed by atoms with E-state index in [-0.39, 0.29) is 17.5 Å². The van der Waals surface area contributed by atoms with Crippen LogP contribution in [0.1, 0.15) is 12.1 Å². The molecule has 24 heavy (non-hydrogen) atoms. The maximum absolute atomic E-state index is 13.0. The second-order valence-corrected chi connectivity index (χ2v) is 7.49. The van der Waals surface area contributed by atoms with Gasteiger partial charge >= 0.3 is 0 Å². The maximum Gasteiger partial charge on any atom is 0.243 e. The summed E-state index contributed by atoms with van der Waals surface area (Å²) in [5.41, 5.74) is 0.895. The van der Waals surface area contributed by atoms with Gasteiger partial charge in [0.05, 0.1) is 17.6 Å². The summed E-state index contributed by atoms with van der Waals surface area (Å²) in [6.45, 7) is 0.920. The van der Waals surface area contributed by atoms with Gasteiger partial charge in [0.2, 0.25) is 10.0 Å². The lowest BCUT2D eigenvalue weighted by atomic mass is 10.1. The lowest BCUT2D eigenvalue weighted by Gasteiger charge is -2.32. The summed E-state index contributed by atoms with van der Waals surface area (Å²) in [5.74, 6) is -0.460. The van der Waals surface area contributed by atoms with Gasteiger partial charge in [-0.25, -0.2) is 22.8 Å². The van der Waals surface area contributed by atoms with E-state index in [1.807, 2.05) is 6.07 Å². The lowest BCUT2D eigenvalue weighted by Crippen LogP contribution is -2.45. The van der Waals surface area contributed by atoms with E-state index in [0.29, 0.717) is 26.0 Å². The Morgan fingerprint density at radius 1 is 1.25 bits per heavy atom. The Balaban J connectivity index is 1.65. The van der Waals surface area contributed by atoms with E-state index in [1.165, 1.54) is 22.8 Å². The molecule has 1 aliphatic heterocycles. The van der Waals surface area contributed by atoms with Crippen LogP contribution in [-0.4, -0.2) is 48.5 Å². The molecule has 1 aromatic carbocycles. The summed E-state index contributed by atoms with van der Waals surface area (Å²) >= 11 is 0. The van der Waals surface area contributed by atoms with Gasteiger partial charge < -0.3 is 4.74 Å². The van der Waals surface area contributed by atoms with Crippen LogP contribution < -0.4 is 0 Å². The number of sulfonamides is 1. The summed E-state index contributed by atoms with van der Waals surface area (Å²) in [7, 11) is -3.63. The number of nitrogens with zero attached hydrogens (tertiary/aromatic N) is 3. The van der Waals surface area contributed by atoms with Crippen LogP contribution in [-0.2, 0) is 21.2 Å². The van der Waals surface area contributed by atoms with Gasteiger partial charge in [0.25, 0.3) is 0 Å². The highest BCUT2D eigenvalue weighted by molar-refractivity contribution is 7.89. The van der Waals surface area contributed by atoms with E-state index in [0.717, 1.165) is 17.8 Å². The van der Waals surface area contributed by atoms with E-state index < -0.39 is 15.8 Å². The number of aromatic nitrogens is 2. The van der Waals surface area contributed by atoms with Crippen LogP contribution in [0.15, 0.2) is 47.8 Å². The monoisotopic (exact) mass is 351 g/mol. The third kappa shape index (κ3) is 3.95. The van der Waals surface area contributed by atoms with Crippen molar-refractivity contribution in [2.75, 3.05) is 19.7 Å². The third-order valence-electron chi connectivity index (χ3n) is 3.92. The fraction of sp³-hybridized carbons (Fsp3) is 0.375. The molecule has 2 aromatic rings. The van der Waals surface area contributed by atoms with Gasteiger partial charge in [0.15, 0.2) is 0 Å². The molecule has 2 heterocycles. The smallest absolute Gasteiger partial charge is 0.243 e. The van der Waals surface area contributed by atoms with Crippen LogP contribution in [0.25, 0.3) is 0 Å². The molecule has 0 amide bonds. The Labute approximate surface area is 140 Å². The Morgan fingerprint density at radius 3 is 2.75 bits per heavy atom. The zero-order valence-corrected chi connectivity index (χ0v) is 13.8. The molecule has 0 bridgehead atoms. The molecule has 0 spiro atoms. The highest BCUT2D eigenvalue weighted by atomic mass is 32.2. The topological polar surface area (TPSA) is 72.4 Å². The molecule has 1 aliphatic rings. The number of morpholine rings is 1. The van der Waals surface area contributed by atoms with Crippen molar-refractivity contribution >= 4 is 10.0 Å². The minimum absolute atomic E-state index is 0.0975. The SMILES string of the molecule is O=S(=O)(c1ccc(F)cc1)N1CCO[C@@H](CCc2ccncn2)C1. The first-order valence-electron chi connectivity index (χ1n) is 7.68. The molecule has 6 nitrogen and oxygen atoms in total. The number of benzene rings is 1. The molecule has 0 aliphatic carbocycles. The normalized spacial score (nSPS) is 19.3. The quantitative estimate of drug-likeness (QED) is 0.819. The minimum atomic E-state index is -3.63. The fourth-order valence-corrected chi connectivity index (χ4v) is 4.07. The van der Waals surface area contributed by atoms with Crippen LogP contribution >= 0.6 is 0 Å². The Bertz CT molecular complexity index is 769. The lowest BCUT2D eigenvalue weighted by molar-refractivity contribution is -0.00538. The first-order valence-corrected chi connectivity index (χ1v) is 9.12. The van der Waals surface area contributed by atoms with Gasteiger partial charge in [0.1, 0.15) is 12.1 Å². The minimum Gasteiger partial charge on any atom is -0.375 e. The Morgan fingerprint density at radius 2 is 2.04 bits per heavy atom. The Hall–Kier alpha value is -1.90. The van der Waals surface area contributed by atoms with E-state index >= 15 is 0 Å². The molecular formula is C16H18FN3O3S. The predicted molar refractivity (Wildman–Crippen MR) is 85.3 cm³/mol. The Kier molecular flexibility index (Phi) is 5.17. The maximum atomic E-state index is 13.0. The first kappa shape index (κ1) is 16.9. The van der Waals surface area contributed by atoms with Crippen LogP contribution in [0.4, 0.5) is 4.39 Å². The molecule has 3 rings (SSSR count). The van der Waals surface area contributed by atoms with Gasteiger partial charge in [-0.15, -0.1) is 0 Å². The molecule has 128 valence electrons. The first-order chi connectivity index (χ1) is 11.6. The van der Waals surface area contributed by atoms with Gasteiger partial charge in [-0.3, -0.25) is 0 Å². The summed E-state index contributed by atoms with van der Waals surface area (Å²) < 4.78 is 45.4. The predicted octanol–water partition coefficient (Wildman–Crippen LogP) is 1.64. The average Bonchev–Trinajstić information content (AvgIpc) is 2.61. The van der Waals surface area contributed by atoms with Gasteiger partial charge in [-0.2, -0.15) is 4.31 Å². The van der Waals surface area contributed by atoms with E-state index in [1.54, 1.807) is 6.20 Å². The van der Waals surface area contributed by atoms with Crippen LogP contribution in [0, 0.1) is 5.82 Å². The van der Waals surface area contributed by atoms with E-state index in [9.17, 15) is 12.8 Å². The highest BCUT2D eigenvalue weighted by Gasteiger charge is 2.30. The van der Waals surface area contributed by atoms with Gasteiger partial charge in [-0.05, 0) is 43.2 Å². The fourth-order valence-electron chi connectivity index (χ4n) is 2.62. The molecule has 1 aromatic heterocycles. The molecule has 0 radical (unpaired) electrons. The zero-order chi connectivity index (χ0) is 17.0. The highest BCUT2D eigenvalue weighted by Crippen LogP contribution is 2.20. The number of hydrogen-bond acceptors (Lipinski definition) is 5. The second-order valence-electron chi connectivity index (χ2n) is 5.55. The summed E-state index contributed by atoms with van der Waals surface area (Å²) in [6, 6.07) is 6.71. The van der Waals surface area contributed by atoms with Crippen molar-refractivity contribution in [2.24, 2.45) is 0 Å². The average molecular weight is 351 g/mol. The van der Waals surface area contributed by atoms with Crippen molar-refractivity contribution in [3.63, 3.8) is 0 Å². The molecule has 8 heteroatoms. The summed E-state index contributed by atoms with van der Waals surface area (Å²) in [6.07, 6.45) is 4.34. The number of rotatable bonds is 5. The van der Waals surface area contributed by atoms with Crippen LogP contribution in [0.2, 0.25) is 0 Å². The number of ether oxygens (including phenoxy) is 1. The standard InChI is InChI=1S/C16H18FN3O3S/c17-13-1-5-16(6-2-13)24(21,22)20-9-10-23-15(11-20)4-3-14-7-8-18-12-19-14/h1-2,5-8,12,15H,3-4,9-11H2/t15-/m0/s1. The summed E-state index contributed by atoms with van der Waals surface area (Å²) in [5, 5.41) is 0. The number of aryl methyl sites for hydroxylation is 1. The molecule has 1 fully saturated rings. The third-order valence-corrected chi connectivity index (χ3v) is 5.80. The second kappa shape index (κ2) is 7.33. The van der Waals surface area contributed by atoms with E-state index in [4.69, 9.17) is 4.74 Å². The molecule has 1 saturated heterocycles. The van der Waals surface area contributed by atoms with Crippen molar-refractivity contribution in [1.29, 1.82) is 0 Å². The zero-order valence-electron chi connectivity index (χ0n) is 13.0.